The van der Waals surface area contributed by atoms with Crippen LogP contribution in [0, 0.1) is 13.8 Å². The lowest BCUT2D eigenvalue weighted by Gasteiger charge is -2.33. The highest BCUT2D eigenvalue weighted by Gasteiger charge is 2.27. The predicted octanol–water partition coefficient (Wildman–Crippen LogP) is 1.21. The number of hydrogen-bond donors (Lipinski definition) is 0. The predicted molar refractivity (Wildman–Crippen MR) is 73.8 cm³/mol. The Morgan fingerprint density at radius 3 is 3.00 bits per heavy atom. The van der Waals surface area contributed by atoms with Gasteiger partial charge in [0.25, 0.3) is 5.91 Å². The number of aromatic nitrogens is 3. The molecule has 6 nitrogen and oxygen atoms in total. The molecule has 1 fully saturated rings. The molecule has 3 rings (SSSR count). The van der Waals surface area contributed by atoms with Crippen molar-refractivity contribution >= 4 is 11.6 Å². The SMILES string of the molecule is Cc1cc(C)n2ncc(C(=O)N3CCOCC3C)c2n1. The molecule has 1 aliphatic rings. The van der Waals surface area contributed by atoms with Gasteiger partial charge in [0.1, 0.15) is 5.56 Å². The summed E-state index contributed by atoms with van der Waals surface area (Å²) in [6, 6.07) is 2.03. The van der Waals surface area contributed by atoms with E-state index in [0.717, 1.165) is 11.4 Å². The maximum absolute atomic E-state index is 12.7. The quantitative estimate of drug-likeness (QED) is 0.784. The van der Waals surface area contributed by atoms with Crippen LogP contribution >= 0.6 is 0 Å². The van der Waals surface area contributed by atoms with E-state index in [9.17, 15) is 4.79 Å². The van der Waals surface area contributed by atoms with Crippen LogP contribution in [0.2, 0.25) is 0 Å². The van der Waals surface area contributed by atoms with Crippen LogP contribution in [0.1, 0.15) is 28.7 Å². The Bertz CT molecular complexity index is 664. The molecule has 2 aromatic rings. The molecule has 1 atom stereocenters. The summed E-state index contributed by atoms with van der Waals surface area (Å²) in [7, 11) is 0. The zero-order valence-corrected chi connectivity index (χ0v) is 12.0. The van der Waals surface area contributed by atoms with Crippen molar-refractivity contribution in [2.75, 3.05) is 19.8 Å². The number of carbonyl (C=O) groups excluding carboxylic acids is 1. The third-order valence-electron chi connectivity index (χ3n) is 3.64. The Hall–Kier alpha value is -1.95. The average Bonchev–Trinajstić information content (AvgIpc) is 2.82. The third-order valence-corrected chi connectivity index (χ3v) is 3.64. The lowest BCUT2D eigenvalue weighted by atomic mass is 10.2. The fourth-order valence-corrected chi connectivity index (χ4v) is 2.60. The average molecular weight is 274 g/mol. The van der Waals surface area contributed by atoms with Gasteiger partial charge in [0.15, 0.2) is 5.65 Å². The summed E-state index contributed by atoms with van der Waals surface area (Å²) in [6.45, 7) is 7.65. The molecule has 106 valence electrons. The summed E-state index contributed by atoms with van der Waals surface area (Å²) in [4.78, 5) is 19.0. The van der Waals surface area contributed by atoms with Crippen LogP contribution in [-0.2, 0) is 4.74 Å². The molecule has 0 saturated carbocycles. The number of ether oxygens (including phenoxy) is 1. The van der Waals surface area contributed by atoms with Gasteiger partial charge < -0.3 is 9.64 Å². The summed E-state index contributed by atoms with van der Waals surface area (Å²) < 4.78 is 7.09. The molecular weight excluding hydrogens is 256 g/mol. The smallest absolute Gasteiger partial charge is 0.259 e. The first-order chi connectivity index (χ1) is 9.58. The largest absolute Gasteiger partial charge is 0.377 e. The van der Waals surface area contributed by atoms with E-state index in [-0.39, 0.29) is 11.9 Å². The summed E-state index contributed by atoms with van der Waals surface area (Å²) in [5, 5.41) is 4.28. The van der Waals surface area contributed by atoms with Crippen molar-refractivity contribution < 1.29 is 9.53 Å². The van der Waals surface area contributed by atoms with Crippen LogP contribution < -0.4 is 0 Å². The lowest BCUT2D eigenvalue weighted by molar-refractivity contribution is 0.00369. The van der Waals surface area contributed by atoms with Crippen molar-refractivity contribution in [1.29, 1.82) is 0 Å². The van der Waals surface area contributed by atoms with E-state index in [4.69, 9.17) is 4.74 Å². The number of hydrogen-bond acceptors (Lipinski definition) is 4. The topological polar surface area (TPSA) is 59.7 Å². The van der Waals surface area contributed by atoms with E-state index in [0.29, 0.717) is 31.0 Å². The molecule has 1 aliphatic heterocycles. The Labute approximate surface area is 117 Å². The molecule has 0 aromatic carbocycles. The van der Waals surface area contributed by atoms with Crippen molar-refractivity contribution in [2.45, 2.75) is 26.8 Å². The number of rotatable bonds is 1. The van der Waals surface area contributed by atoms with Crippen molar-refractivity contribution in [3.8, 4) is 0 Å². The molecule has 0 spiro atoms. The fraction of sp³-hybridized carbons (Fsp3) is 0.500. The summed E-state index contributed by atoms with van der Waals surface area (Å²) in [6.07, 6.45) is 1.61. The number of carbonyl (C=O) groups is 1. The summed E-state index contributed by atoms with van der Waals surface area (Å²) >= 11 is 0. The standard InChI is InChI=1S/C14H18N4O2/c1-9-6-10(2)18-13(16-9)12(7-15-18)14(19)17-4-5-20-8-11(17)3/h6-7,11H,4-5,8H2,1-3H3. The van der Waals surface area contributed by atoms with E-state index < -0.39 is 0 Å². The second kappa shape index (κ2) is 4.86. The van der Waals surface area contributed by atoms with Gasteiger partial charge in [-0.05, 0) is 26.8 Å². The first kappa shape index (κ1) is 13.1. The van der Waals surface area contributed by atoms with E-state index in [1.165, 1.54) is 0 Å². The Kier molecular flexibility index (Phi) is 3.17. The molecule has 0 aliphatic carbocycles. The highest BCUT2D eigenvalue weighted by molar-refractivity contribution is 5.99. The molecule has 2 aromatic heterocycles. The number of fused-ring (bicyclic) bond motifs is 1. The number of aryl methyl sites for hydroxylation is 2. The van der Waals surface area contributed by atoms with Crippen molar-refractivity contribution in [2.24, 2.45) is 0 Å². The van der Waals surface area contributed by atoms with Crippen LogP contribution in [0.5, 0.6) is 0 Å². The molecule has 1 amide bonds. The zero-order valence-electron chi connectivity index (χ0n) is 12.0. The van der Waals surface area contributed by atoms with Crippen molar-refractivity contribution in [3.63, 3.8) is 0 Å². The number of amides is 1. The maximum Gasteiger partial charge on any atom is 0.259 e. The Balaban J connectivity index is 2.03. The van der Waals surface area contributed by atoms with Gasteiger partial charge in [0, 0.05) is 17.9 Å². The summed E-state index contributed by atoms with van der Waals surface area (Å²) in [5.41, 5.74) is 3.05. The molecule has 0 bridgehead atoms. The van der Waals surface area contributed by atoms with Crippen LogP contribution in [0.25, 0.3) is 5.65 Å². The van der Waals surface area contributed by atoms with Gasteiger partial charge in [0.05, 0.1) is 25.5 Å². The molecule has 20 heavy (non-hydrogen) atoms. The van der Waals surface area contributed by atoms with Gasteiger partial charge >= 0.3 is 0 Å². The number of nitrogens with zero attached hydrogens (tertiary/aromatic N) is 4. The van der Waals surface area contributed by atoms with Gasteiger partial charge in [-0.3, -0.25) is 4.79 Å². The molecule has 6 heteroatoms. The van der Waals surface area contributed by atoms with Gasteiger partial charge in [-0.2, -0.15) is 5.10 Å². The van der Waals surface area contributed by atoms with Crippen LogP contribution in [0.3, 0.4) is 0 Å². The van der Waals surface area contributed by atoms with Crippen LogP contribution in [-0.4, -0.2) is 51.2 Å². The van der Waals surface area contributed by atoms with Gasteiger partial charge in [-0.25, -0.2) is 9.50 Å². The first-order valence-electron chi connectivity index (χ1n) is 6.78. The van der Waals surface area contributed by atoms with Gasteiger partial charge in [-0.15, -0.1) is 0 Å². The van der Waals surface area contributed by atoms with Crippen LogP contribution in [0.15, 0.2) is 12.3 Å². The molecule has 0 N–H and O–H groups in total. The highest BCUT2D eigenvalue weighted by Crippen LogP contribution is 2.17. The van der Waals surface area contributed by atoms with Gasteiger partial charge in [0.2, 0.25) is 0 Å². The molecule has 1 saturated heterocycles. The molecule has 1 unspecified atom stereocenters. The fourth-order valence-electron chi connectivity index (χ4n) is 2.60. The van der Waals surface area contributed by atoms with E-state index >= 15 is 0 Å². The second-order valence-corrected chi connectivity index (χ2v) is 5.26. The van der Waals surface area contributed by atoms with Crippen molar-refractivity contribution in [3.05, 3.63) is 29.2 Å². The Morgan fingerprint density at radius 1 is 1.45 bits per heavy atom. The number of morpholine rings is 1. The molecular formula is C14H18N4O2. The minimum Gasteiger partial charge on any atom is -0.377 e. The van der Waals surface area contributed by atoms with Crippen molar-refractivity contribution in [1.82, 2.24) is 19.5 Å². The van der Waals surface area contributed by atoms with E-state index in [1.807, 2.05) is 31.7 Å². The van der Waals surface area contributed by atoms with Gasteiger partial charge in [-0.1, -0.05) is 0 Å². The normalized spacial score (nSPS) is 19.6. The lowest BCUT2D eigenvalue weighted by Crippen LogP contribution is -2.47. The maximum atomic E-state index is 12.7. The third kappa shape index (κ3) is 2.06. The second-order valence-electron chi connectivity index (χ2n) is 5.26. The molecule has 3 heterocycles. The highest BCUT2D eigenvalue weighted by atomic mass is 16.5. The Morgan fingerprint density at radius 2 is 2.25 bits per heavy atom. The van der Waals surface area contributed by atoms with E-state index in [1.54, 1.807) is 10.7 Å². The zero-order chi connectivity index (χ0) is 14.3. The van der Waals surface area contributed by atoms with E-state index in [2.05, 4.69) is 10.1 Å². The summed E-state index contributed by atoms with van der Waals surface area (Å²) in [5.74, 6) is -0.0201. The molecule has 0 radical (unpaired) electrons. The first-order valence-corrected chi connectivity index (χ1v) is 6.78. The monoisotopic (exact) mass is 274 g/mol. The van der Waals surface area contributed by atoms with Crippen LogP contribution in [0.4, 0.5) is 0 Å². The minimum atomic E-state index is -0.0201. The minimum absolute atomic E-state index is 0.0201.